The van der Waals surface area contributed by atoms with Gasteiger partial charge in [-0.15, -0.1) is 11.8 Å². The Labute approximate surface area is 192 Å². The predicted octanol–water partition coefficient (Wildman–Crippen LogP) is 2.31. The van der Waals surface area contributed by atoms with Gasteiger partial charge in [0.15, 0.2) is 0 Å². The minimum Gasteiger partial charge on any atom is -0.457 e. The number of carbonyl (C=O) groups excluding carboxylic acids is 1. The standard InChI is InChI=1S/C22H27N3O5S2/c26-22-21(17-6-8-20(9-7-17)30-19-4-2-1-3-5-19)31-15-10-18(24-22)16-23-32(27,28)25-11-13-29-14-12-25/h1-9,18,21,23H,10-16H2,(H,24,26)/t18-,21+/m0/s1. The van der Waals surface area contributed by atoms with Gasteiger partial charge in [0.05, 0.1) is 13.2 Å². The molecule has 32 heavy (non-hydrogen) atoms. The Morgan fingerprint density at radius 2 is 1.75 bits per heavy atom. The van der Waals surface area contributed by atoms with E-state index in [1.807, 2.05) is 54.6 Å². The molecule has 0 aliphatic carbocycles. The first kappa shape index (κ1) is 23.1. The highest BCUT2D eigenvalue weighted by Gasteiger charge is 2.29. The molecule has 2 heterocycles. The van der Waals surface area contributed by atoms with Crippen LogP contribution < -0.4 is 14.8 Å². The second-order valence-electron chi connectivity index (χ2n) is 7.59. The molecule has 0 bridgehead atoms. The summed E-state index contributed by atoms with van der Waals surface area (Å²) in [5.41, 5.74) is 0.891. The highest BCUT2D eigenvalue weighted by atomic mass is 32.2. The number of para-hydroxylation sites is 1. The molecule has 2 N–H and O–H groups in total. The van der Waals surface area contributed by atoms with Crippen LogP contribution in [0, 0.1) is 0 Å². The van der Waals surface area contributed by atoms with Gasteiger partial charge in [0.1, 0.15) is 16.7 Å². The van der Waals surface area contributed by atoms with Gasteiger partial charge >= 0.3 is 0 Å². The number of hydrogen-bond donors (Lipinski definition) is 2. The molecule has 0 aromatic heterocycles. The lowest BCUT2D eigenvalue weighted by atomic mass is 10.1. The third-order valence-electron chi connectivity index (χ3n) is 5.32. The summed E-state index contributed by atoms with van der Waals surface area (Å²) in [7, 11) is -3.58. The molecule has 0 spiro atoms. The zero-order chi connectivity index (χ0) is 22.4. The summed E-state index contributed by atoms with van der Waals surface area (Å²) in [4.78, 5) is 12.9. The van der Waals surface area contributed by atoms with E-state index in [4.69, 9.17) is 9.47 Å². The number of rotatable bonds is 7. The summed E-state index contributed by atoms with van der Waals surface area (Å²) in [6.45, 7) is 1.65. The van der Waals surface area contributed by atoms with E-state index in [1.165, 1.54) is 4.31 Å². The molecule has 172 valence electrons. The van der Waals surface area contributed by atoms with Crippen LogP contribution in [-0.2, 0) is 19.7 Å². The second-order valence-corrected chi connectivity index (χ2v) is 10.6. The number of amides is 1. The molecule has 2 saturated heterocycles. The molecular formula is C22H27N3O5S2. The van der Waals surface area contributed by atoms with Crippen LogP contribution in [0.2, 0.25) is 0 Å². The summed E-state index contributed by atoms with van der Waals surface area (Å²) in [5, 5.41) is 2.65. The van der Waals surface area contributed by atoms with E-state index in [2.05, 4.69) is 10.0 Å². The van der Waals surface area contributed by atoms with Crippen molar-refractivity contribution in [3.63, 3.8) is 0 Å². The molecule has 2 fully saturated rings. The van der Waals surface area contributed by atoms with Crippen molar-refractivity contribution in [2.75, 3.05) is 38.6 Å². The first-order chi connectivity index (χ1) is 15.5. The Kier molecular flexibility index (Phi) is 7.69. The number of nitrogens with zero attached hydrogens (tertiary/aromatic N) is 1. The Morgan fingerprint density at radius 1 is 1.06 bits per heavy atom. The van der Waals surface area contributed by atoms with E-state index in [1.54, 1.807) is 11.8 Å². The van der Waals surface area contributed by atoms with Crippen molar-refractivity contribution in [3.05, 3.63) is 60.2 Å². The van der Waals surface area contributed by atoms with Crippen LogP contribution in [0.25, 0.3) is 0 Å². The molecule has 2 aromatic carbocycles. The van der Waals surface area contributed by atoms with Crippen LogP contribution in [0.4, 0.5) is 0 Å². The van der Waals surface area contributed by atoms with E-state index in [0.717, 1.165) is 17.1 Å². The number of thioether (sulfide) groups is 1. The maximum absolute atomic E-state index is 12.9. The molecule has 4 rings (SSSR count). The average molecular weight is 478 g/mol. The van der Waals surface area contributed by atoms with Crippen molar-refractivity contribution in [2.24, 2.45) is 0 Å². The van der Waals surface area contributed by atoms with Gasteiger partial charge in [-0.2, -0.15) is 12.7 Å². The molecule has 2 atom stereocenters. The zero-order valence-corrected chi connectivity index (χ0v) is 19.2. The van der Waals surface area contributed by atoms with Crippen molar-refractivity contribution in [1.29, 1.82) is 0 Å². The summed E-state index contributed by atoms with van der Waals surface area (Å²) in [6.07, 6.45) is 0.688. The first-order valence-electron chi connectivity index (χ1n) is 10.6. The zero-order valence-electron chi connectivity index (χ0n) is 17.6. The van der Waals surface area contributed by atoms with Crippen LogP contribution in [0.15, 0.2) is 54.6 Å². The molecule has 0 saturated carbocycles. The molecule has 2 aliphatic rings. The fourth-order valence-corrected chi connectivity index (χ4v) is 6.02. The Bertz CT molecular complexity index is 996. The van der Waals surface area contributed by atoms with Crippen molar-refractivity contribution < 1.29 is 22.7 Å². The molecule has 8 nitrogen and oxygen atoms in total. The SMILES string of the molecule is O=C1N[C@H](CNS(=O)(=O)N2CCOCC2)CCS[C@@H]1c1ccc(Oc2ccccc2)cc1. The van der Waals surface area contributed by atoms with Gasteiger partial charge < -0.3 is 14.8 Å². The van der Waals surface area contributed by atoms with Crippen molar-refractivity contribution in [1.82, 2.24) is 14.3 Å². The number of hydrogen-bond acceptors (Lipinski definition) is 6. The third kappa shape index (κ3) is 6.02. The van der Waals surface area contributed by atoms with E-state index in [0.29, 0.717) is 38.5 Å². The summed E-state index contributed by atoms with van der Waals surface area (Å²) < 4.78 is 40.0. The maximum atomic E-state index is 12.9. The van der Waals surface area contributed by atoms with Gasteiger partial charge in [-0.3, -0.25) is 4.79 Å². The summed E-state index contributed by atoms with van der Waals surface area (Å²) in [6, 6.07) is 16.8. The molecule has 10 heteroatoms. The Morgan fingerprint density at radius 3 is 2.47 bits per heavy atom. The lowest BCUT2D eigenvalue weighted by Gasteiger charge is -2.27. The van der Waals surface area contributed by atoms with Crippen LogP contribution in [0.5, 0.6) is 11.5 Å². The smallest absolute Gasteiger partial charge is 0.279 e. The predicted molar refractivity (Wildman–Crippen MR) is 124 cm³/mol. The van der Waals surface area contributed by atoms with E-state index >= 15 is 0 Å². The first-order valence-corrected chi connectivity index (χ1v) is 13.1. The molecule has 2 aromatic rings. The number of ether oxygens (including phenoxy) is 2. The molecular weight excluding hydrogens is 450 g/mol. The second kappa shape index (κ2) is 10.7. The van der Waals surface area contributed by atoms with Crippen molar-refractivity contribution in [2.45, 2.75) is 17.7 Å². The lowest BCUT2D eigenvalue weighted by molar-refractivity contribution is -0.121. The minimum absolute atomic E-state index is 0.111. The van der Waals surface area contributed by atoms with Crippen molar-refractivity contribution >= 4 is 27.9 Å². The largest absolute Gasteiger partial charge is 0.457 e. The van der Waals surface area contributed by atoms with Crippen LogP contribution in [0.3, 0.4) is 0 Å². The van der Waals surface area contributed by atoms with Gasteiger partial charge in [0.25, 0.3) is 10.2 Å². The van der Waals surface area contributed by atoms with Gasteiger partial charge in [-0.05, 0) is 42.0 Å². The lowest BCUT2D eigenvalue weighted by Crippen LogP contribution is -2.50. The fourth-order valence-electron chi connectivity index (χ4n) is 3.57. The highest BCUT2D eigenvalue weighted by Crippen LogP contribution is 2.33. The number of morpholine rings is 1. The number of benzene rings is 2. The maximum Gasteiger partial charge on any atom is 0.279 e. The summed E-state index contributed by atoms with van der Waals surface area (Å²) >= 11 is 1.56. The Balaban J connectivity index is 1.33. The van der Waals surface area contributed by atoms with Crippen LogP contribution >= 0.6 is 11.8 Å². The summed E-state index contributed by atoms with van der Waals surface area (Å²) in [5.74, 6) is 2.09. The monoisotopic (exact) mass is 477 g/mol. The third-order valence-corrected chi connectivity index (χ3v) is 8.19. The van der Waals surface area contributed by atoms with Crippen LogP contribution in [-0.4, -0.2) is 63.3 Å². The van der Waals surface area contributed by atoms with E-state index in [9.17, 15) is 13.2 Å². The van der Waals surface area contributed by atoms with Crippen molar-refractivity contribution in [3.8, 4) is 11.5 Å². The number of nitrogens with one attached hydrogen (secondary N) is 2. The Hall–Kier alpha value is -2.11. The topological polar surface area (TPSA) is 97.0 Å². The normalized spacial score (nSPS) is 22.7. The quantitative estimate of drug-likeness (QED) is 0.635. The molecule has 0 radical (unpaired) electrons. The number of carbonyl (C=O) groups is 1. The fraction of sp³-hybridized carbons (Fsp3) is 0.409. The van der Waals surface area contributed by atoms with E-state index < -0.39 is 10.2 Å². The molecule has 2 aliphatic heterocycles. The minimum atomic E-state index is -3.58. The van der Waals surface area contributed by atoms with Gasteiger partial charge in [0, 0.05) is 25.7 Å². The highest BCUT2D eigenvalue weighted by molar-refractivity contribution is 8.00. The average Bonchev–Trinajstić information content (AvgIpc) is 3.01. The van der Waals surface area contributed by atoms with Gasteiger partial charge in [0.2, 0.25) is 5.91 Å². The molecule has 1 amide bonds. The van der Waals surface area contributed by atoms with Gasteiger partial charge in [-0.25, -0.2) is 4.72 Å². The van der Waals surface area contributed by atoms with E-state index in [-0.39, 0.29) is 23.7 Å². The molecule has 0 unspecified atom stereocenters. The van der Waals surface area contributed by atoms with Crippen LogP contribution in [0.1, 0.15) is 17.2 Å². The van der Waals surface area contributed by atoms with Gasteiger partial charge in [-0.1, -0.05) is 30.3 Å².